The molecule has 0 bridgehead atoms. The summed E-state index contributed by atoms with van der Waals surface area (Å²) >= 11 is 0. The van der Waals surface area contributed by atoms with E-state index in [0.29, 0.717) is 23.7 Å². The maximum Gasteiger partial charge on any atom is 0.310 e. The number of benzene rings is 1. The van der Waals surface area contributed by atoms with Crippen molar-refractivity contribution in [2.75, 3.05) is 22.9 Å². The fraction of sp³-hybridized carbons (Fsp3) is 0.632. The molecule has 1 aromatic rings. The van der Waals surface area contributed by atoms with Crippen LogP contribution in [-0.4, -0.2) is 30.1 Å². The first-order valence-corrected chi connectivity index (χ1v) is 9.43. The number of nitriles is 1. The van der Waals surface area contributed by atoms with E-state index in [1.54, 1.807) is 6.07 Å². The molecule has 4 atom stereocenters. The first-order chi connectivity index (χ1) is 12.2. The Kier molecular flexibility index (Phi) is 3.21. The van der Waals surface area contributed by atoms with Crippen molar-refractivity contribution >= 4 is 17.1 Å². The van der Waals surface area contributed by atoms with Crippen LogP contribution in [0, 0.1) is 33.3 Å². The molecule has 4 fully saturated rings. The van der Waals surface area contributed by atoms with E-state index >= 15 is 0 Å². The van der Waals surface area contributed by atoms with E-state index in [1.807, 2.05) is 6.07 Å². The second kappa shape index (κ2) is 5.35. The second-order valence-electron chi connectivity index (χ2n) is 8.03. The summed E-state index contributed by atoms with van der Waals surface area (Å²) in [5, 5.41) is 21.3. The van der Waals surface area contributed by atoms with E-state index in [9.17, 15) is 15.4 Å². The topological polar surface area (TPSA) is 73.4 Å². The quantitative estimate of drug-likeness (QED) is 0.623. The molecule has 1 aromatic carbocycles. The molecular formula is C19H22N4O2. The highest BCUT2D eigenvalue weighted by molar-refractivity contribution is 5.77. The van der Waals surface area contributed by atoms with Crippen LogP contribution < -0.4 is 9.80 Å². The van der Waals surface area contributed by atoms with Gasteiger partial charge in [0.15, 0.2) is 0 Å². The van der Waals surface area contributed by atoms with E-state index in [1.165, 1.54) is 25.7 Å². The number of nitro groups is 1. The highest BCUT2D eigenvalue weighted by Crippen LogP contribution is 2.50. The second-order valence-corrected chi connectivity index (χ2v) is 8.03. The minimum atomic E-state index is -0.361. The van der Waals surface area contributed by atoms with Gasteiger partial charge >= 0.3 is 5.69 Å². The first-order valence-electron chi connectivity index (χ1n) is 9.43. The molecular weight excluding hydrogens is 316 g/mol. The summed E-state index contributed by atoms with van der Waals surface area (Å²) < 4.78 is 0. The monoisotopic (exact) mass is 338 g/mol. The Hall–Kier alpha value is -2.29. The van der Waals surface area contributed by atoms with Crippen molar-refractivity contribution in [3.05, 3.63) is 27.8 Å². The molecule has 2 saturated carbocycles. The summed E-state index contributed by atoms with van der Waals surface area (Å²) in [4.78, 5) is 16.0. The van der Waals surface area contributed by atoms with Gasteiger partial charge in [0.2, 0.25) is 0 Å². The highest BCUT2D eigenvalue weighted by atomic mass is 16.6. The van der Waals surface area contributed by atoms with Crippen molar-refractivity contribution in [3.63, 3.8) is 0 Å². The van der Waals surface area contributed by atoms with Gasteiger partial charge in [0.25, 0.3) is 0 Å². The third kappa shape index (κ3) is 2.37. The third-order valence-electron chi connectivity index (χ3n) is 6.54. The Morgan fingerprint density at radius 3 is 2.36 bits per heavy atom. The molecule has 0 amide bonds. The molecule has 0 aromatic heterocycles. The Morgan fingerprint density at radius 2 is 1.72 bits per heavy atom. The van der Waals surface area contributed by atoms with Crippen LogP contribution in [0.4, 0.5) is 17.1 Å². The predicted molar refractivity (Wildman–Crippen MR) is 94.8 cm³/mol. The number of rotatable bonds is 3. The van der Waals surface area contributed by atoms with Crippen molar-refractivity contribution in [2.45, 2.75) is 50.6 Å². The SMILES string of the molecule is N#Cc1cc(N2CCCC3CC32)cc(N2CCCC3CC32)c1[N+](=O)[O-]. The molecule has 4 aliphatic rings. The minimum Gasteiger partial charge on any atom is -0.368 e. The Bertz CT molecular complexity index is 786. The molecule has 4 unspecified atom stereocenters. The van der Waals surface area contributed by atoms with Crippen molar-refractivity contribution < 1.29 is 4.92 Å². The van der Waals surface area contributed by atoms with Gasteiger partial charge in [-0.2, -0.15) is 5.26 Å². The molecule has 0 spiro atoms. The Morgan fingerprint density at radius 1 is 1.08 bits per heavy atom. The van der Waals surface area contributed by atoms with Gasteiger partial charge in [0.1, 0.15) is 17.3 Å². The zero-order valence-corrected chi connectivity index (χ0v) is 14.2. The number of hydrogen-bond acceptors (Lipinski definition) is 5. The third-order valence-corrected chi connectivity index (χ3v) is 6.54. The molecule has 130 valence electrons. The van der Waals surface area contributed by atoms with Crippen LogP contribution in [-0.2, 0) is 0 Å². The molecule has 0 radical (unpaired) electrons. The number of nitrogens with zero attached hydrogens (tertiary/aromatic N) is 4. The zero-order chi connectivity index (χ0) is 17.1. The Labute approximate surface area is 147 Å². The maximum absolute atomic E-state index is 11.7. The smallest absolute Gasteiger partial charge is 0.310 e. The summed E-state index contributed by atoms with van der Waals surface area (Å²) in [7, 11) is 0. The van der Waals surface area contributed by atoms with E-state index in [0.717, 1.165) is 37.5 Å². The average molecular weight is 338 g/mol. The molecule has 2 heterocycles. The average Bonchev–Trinajstić information content (AvgIpc) is 3.52. The number of nitro benzene ring substituents is 1. The fourth-order valence-electron chi connectivity index (χ4n) is 5.11. The van der Waals surface area contributed by atoms with Gasteiger partial charge in [-0.25, -0.2) is 0 Å². The van der Waals surface area contributed by atoms with Gasteiger partial charge in [0.05, 0.1) is 4.92 Å². The summed E-state index contributed by atoms with van der Waals surface area (Å²) in [6, 6.07) is 6.85. The van der Waals surface area contributed by atoms with E-state index in [2.05, 4.69) is 15.9 Å². The molecule has 2 aliphatic carbocycles. The fourth-order valence-corrected chi connectivity index (χ4v) is 5.11. The summed E-state index contributed by atoms with van der Waals surface area (Å²) in [5.74, 6) is 1.46. The zero-order valence-electron chi connectivity index (χ0n) is 14.2. The van der Waals surface area contributed by atoms with Crippen LogP contribution in [0.2, 0.25) is 0 Å². The van der Waals surface area contributed by atoms with Crippen LogP contribution in [0.5, 0.6) is 0 Å². The Balaban J connectivity index is 1.60. The molecule has 25 heavy (non-hydrogen) atoms. The van der Waals surface area contributed by atoms with E-state index < -0.39 is 0 Å². The first kappa shape index (κ1) is 15.0. The molecule has 2 aliphatic heterocycles. The number of fused-ring (bicyclic) bond motifs is 2. The van der Waals surface area contributed by atoms with Crippen LogP contribution in [0.25, 0.3) is 0 Å². The molecule has 6 nitrogen and oxygen atoms in total. The van der Waals surface area contributed by atoms with Crippen molar-refractivity contribution in [3.8, 4) is 6.07 Å². The molecule has 5 rings (SSSR count). The molecule has 2 saturated heterocycles. The number of piperidine rings is 2. The van der Waals surface area contributed by atoms with Crippen molar-refractivity contribution in [1.82, 2.24) is 0 Å². The van der Waals surface area contributed by atoms with Crippen molar-refractivity contribution in [1.29, 1.82) is 5.26 Å². The van der Waals surface area contributed by atoms with Crippen LogP contribution in [0.3, 0.4) is 0 Å². The number of anilines is 2. The van der Waals surface area contributed by atoms with Gasteiger partial charge in [-0.05, 0) is 62.5 Å². The lowest BCUT2D eigenvalue weighted by atomic mass is 10.0. The predicted octanol–water partition coefficient (Wildman–Crippen LogP) is 3.44. The minimum absolute atomic E-state index is 0.00292. The molecule has 0 N–H and O–H groups in total. The molecule has 6 heteroatoms. The normalized spacial score (nSPS) is 32.4. The lowest BCUT2D eigenvalue weighted by Crippen LogP contribution is -2.34. The summed E-state index contributed by atoms with van der Waals surface area (Å²) in [5.41, 5.74) is 1.90. The highest BCUT2D eigenvalue weighted by Gasteiger charge is 2.47. The number of hydrogen-bond donors (Lipinski definition) is 0. The van der Waals surface area contributed by atoms with Crippen LogP contribution in [0.15, 0.2) is 12.1 Å². The van der Waals surface area contributed by atoms with Crippen LogP contribution >= 0.6 is 0 Å². The maximum atomic E-state index is 11.7. The van der Waals surface area contributed by atoms with Gasteiger partial charge in [-0.15, -0.1) is 0 Å². The van der Waals surface area contributed by atoms with Gasteiger partial charge in [-0.1, -0.05) is 0 Å². The van der Waals surface area contributed by atoms with Crippen LogP contribution in [0.1, 0.15) is 44.1 Å². The summed E-state index contributed by atoms with van der Waals surface area (Å²) in [6.45, 7) is 1.86. The summed E-state index contributed by atoms with van der Waals surface area (Å²) in [6.07, 6.45) is 7.14. The van der Waals surface area contributed by atoms with Gasteiger partial charge in [-0.3, -0.25) is 10.1 Å². The van der Waals surface area contributed by atoms with E-state index in [-0.39, 0.29) is 16.2 Å². The largest absolute Gasteiger partial charge is 0.368 e. The lowest BCUT2D eigenvalue weighted by Gasteiger charge is -2.32. The van der Waals surface area contributed by atoms with Crippen molar-refractivity contribution in [2.24, 2.45) is 11.8 Å². The standard InChI is InChI=1S/C19H22N4O2/c20-11-14-7-15(21-5-1-3-12-8-16(12)21)10-18(19(14)23(24)25)22-6-2-4-13-9-17(13)22/h7,10,12-13,16-17H,1-6,8-9H2. The van der Waals surface area contributed by atoms with E-state index in [4.69, 9.17) is 0 Å². The lowest BCUT2D eigenvalue weighted by molar-refractivity contribution is -0.384. The van der Waals surface area contributed by atoms with Gasteiger partial charge in [0, 0.05) is 30.9 Å². The van der Waals surface area contributed by atoms with Gasteiger partial charge < -0.3 is 9.80 Å².